The Morgan fingerprint density at radius 1 is 1.73 bits per heavy atom. The lowest BCUT2D eigenvalue weighted by Crippen LogP contribution is -2.22. The van der Waals surface area contributed by atoms with Gasteiger partial charge in [-0.05, 0) is 30.4 Å². The predicted octanol–water partition coefficient (Wildman–Crippen LogP) is 1.73. The maximum absolute atomic E-state index is 9.57. The van der Waals surface area contributed by atoms with Crippen LogP contribution in [0.1, 0.15) is 11.7 Å². The van der Waals surface area contributed by atoms with Crippen molar-refractivity contribution in [1.82, 2.24) is 4.31 Å². The fourth-order valence-electron chi connectivity index (χ4n) is 1.15. The van der Waals surface area contributed by atoms with Crippen LogP contribution in [0.25, 0.3) is 0 Å². The molecule has 0 spiro atoms. The molecule has 1 aliphatic heterocycles. The van der Waals surface area contributed by atoms with Crippen LogP contribution in [-0.2, 0) is 0 Å². The van der Waals surface area contributed by atoms with Crippen LogP contribution < -0.4 is 0 Å². The number of likely N-dealkylation sites (N-methyl/N-ethyl adjacent to an activating group) is 1. The summed E-state index contributed by atoms with van der Waals surface area (Å²) in [6.45, 7) is 0.731. The van der Waals surface area contributed by atoms with E-state index in [2.05, 4.69) is 4.31 Å². The minimum absolute atomic E-state index is 0.289. The first-order chi connectivity index (χ1) is 5.27. The lowest BCUT2D eigenvalue weighted by Gasteiger charge is -2.24. The molecule has 1 unspecified atom stereocenters. The zero-order valence-corrected chi connectivity index (χ0v) is 7.78. The van der Waals surface area contributed by atoms with Crippen molar-refractivity contribution in [3.63, 3.8) is 0 Å². The average molecular weight is 187 g/mol. The Labute approximate surface area is 74.0 Å². The van der Waals surface area contributed by atoms with Crippen LogP contribution in [0.5, 0.6) is 0 Å². The van der Waals surface area contributed by atoms with Crippen molar-refractivity contribution in [3.05, 3.63) is 17.0 Å². The normalized spacial score (nSPS) is 25.1. The average Bonchev–Trinajstić information content (AvgIpc) is 2.34. The van der Waals surface area contributed by atoms with Crippen LogP contribution in [0.3, 0.4) is 0 Å². The summed E-state index contributed by atoms with van der Waals surface area (Å²) in [5.41, 5.74) is 1.10. The molecule has 60 valence electrons. The minimum atomic E-state index is -0.289. The molecule has 0 amide bonds. The van der Waals surface area contributed by atoms with Crippen LogP contribution in [-0.4, -0.2) is 23.0 Å². The van der Waals surface area contributed by atoms with Gasteiger partial charge in [0.25, 0.3) is 0 Å². The molecular weight excluding hydrogens is 178 g/mol. The smallest absolute Gasteiger partial charge is 0.0945 e. The van der Waals surface area contributed by atoms with Gasteiger partial charge in [0.1, 0.15) is 0 Å². The predicted molar refractivity (Wildman–Crippen MR) is 47.8 cm³/mol. The molecule has 2 nitrogen and oxygen atoms in total. The Hall–Kier alpha value is -0.0300. The number of hydrogen-bond acceptors (Lipinski definition) is 4. The summed E-state index contributed by atoms with van der Waals surface area (Å²) in [4.78, 5) is 0. The van der Waals surface area contributed by atoms with E-state index in [-0.39, 0.29) is 6.10 Å². The summed E-state index contributed by atoms with van der Waals surface area (Å²) >= 11 is 3.41. The lowest BCUT2D eigenvalue weighted by molar-refractivity contribution is 0.152. The molecule has 0 radical (unpaired) electrons. The minimum Gasteiger partial charge on any atom is -0.387 e. The zero-order chi connectivity index (χ0) is 7.84. The Kier molecular flexibility index (Phi) is 1.93. The van der Waals surface area contributed by atoms with Gasteiger partial charge in [-0.1, -0.05) is 0 Å². The molecule has 2 rings (SSSR count). The van der Waals surface area contributed by atoms with E-state index in [1.54, 1.807) is 23.3 Å². The molecule has 0 bridgehead atoms. The van der Waals surface area contributed by atoms with Crippen molar-refractivity contribution in [1.29, 1.82) is 0 Å². The van der Waals surface area contributed by atoms with Crippen LogP contribution >= 0.6 is 23.3 Å². The van der Waals surface area contributed by atoms with Crippen molar-refractivity contribution in [2.24, 2.45) is 0 Å². The fourth-order valence-corrected chi connectivity index (χ4v) is 3.35. The van der Waals surface area contributed by atoms with Gasteiger partial charge in [-0.25, -0.2) is 4.31 Å². The van der Waals surface area contributed by atoms with Gasteiger partial charge in [0, 0.05) is 12.1 Å². The Balaban J connectivity index is 2.36. The summed E-state index contributed by atoms with van der Waals surface area (Å²) in [7, 11) is 2.00. The second-order valence-electron chi connectivity index (χ2n) is 2.58. The highest BCUT2D eigenvalue weighted by Crippen LogP contribution is 2.39. The first-order valence-electron chi connectivity index (χ1n) is 3.42. The Morgan fingerprint density at radius 3 is 3.36 bits per heavy atom. The number of thiophene rings is 1. The maximum atomic E-state index is 9.57. The number of rotatable bonds is 0. The summed E-state index contributed by atoms with van der Waals surface area (Å²) in [6.07, 6.45) is -0.289. The molecule has 1 aliphatic rings. The summed E-state index contributed by atoms with van der Waals surface area (Å²) < 4.78 is 3.29. The highest BCUT2D eigenvalue weighted by molar-refractivity contribution is 7.99. The van der Waals surface area contributed by atoms with Crippen LogP contribution in [0.2, 0.25) is 0 Å². The molecule has 0 aromatic carbocycles. The third kappa shape index (κ3) is 1.31. The summed E-state index contributed by atoms with van der Waals surface area (Å²) in [5.74, 6) is 0. The second-order valence-corrected chi connectivity index (χ2v) is 4.97. The van der Waals surface area contributed by atoms with Gasteiger partial charge in [-0.15, -0.1) is 11.3 Å². The van der Waals surface area contributed by atoms with Gasteiger partial charge in [0.05, 0.1) is 10.3 Å². The van der Waals surface area contributed by atoms with Gasteiger partial charge in [0.2, 0.25) is 0 Å². The van der Waals surface area contributed by atoms with Crippen molar-refractivity contribution >= 4 is 23.3 Å². The highest BCUT2D eigenvalue weighted by atomic mass is 32.2. The monoisotopic (exact) mass is 187 g/mol. The van der Waals surface area contributed by atoms with Crippen LogP contribution in [0, 0.1) is 0 Å². The third-order valence-electron chi connectivity index (χ3n) is 1.69. The lowest BCUT2D eigenvalue weighted by atomic mass is 10.2. The quantitative estimate of drug-likeness (QED) is 0.626. The number of β-amino-alcohol motifs (C(OH)–C–C–N with tert-alkyl or cyclic N) is 1. The van der Waals surface area contributed by atoms with Gasteiger partial charge >= 0.3 is 0 Å². The number of nitrogens with zero attached hydrogens (tertiary/aromatic N) is 1. The largest absolute Gasteiger partial charge is 0.387 e. The van der Waals surface area contributed by atoms with Gasteiger partial charge in [-0.2, -0.15) is 0 Å². The molecule has 0 fully saturated rings. The van der Waals surface area contributed by atoms with E-state index in [1.165, 1.54) is 4.21 Å². The van der Waals surface area contributed by atoms with E-state index < -0.39 is 0 Å². The van der Waals surface area contributed by atoms with Crippen molar-refractivity contribution in [2.75, 3.05) is 13.6 Å². The van der Waals surface area contributed by atoms with Gasteiger partial charge in [0.15, 0.2) is 0 Å². The standard InChI is InChI=1S/C7H9NOS2/c1-8-4-6(9)5-2-3-10-7(5)11-8/h2-3,6,9H,4H2,1H3. The molecule has 2 heterocycles. The van der Waals surface area contributed by atoms with E-state index in [0.717, 1.165) is 12.1 Å². The van der Waals surface area contributed by atoms with Gasteiger partial charge < -0.3 is 5.11 Å². The first kappa shape index (κ1) is 7.61. The molecule has 11 heavy (non-hydrogen) atoms. The molecule has 1 atom stereocenters. The molecule has 0 aliphatic carbocycles. The SMILES string of the molecule is CN1CC(O)c2ccsc2S1. The third-order valence-corrected chi connectivity index (χ3v) is 3.78. The van der Waals surface area contributed by atoms with Crippen molar-refractivity contribution in [2.45, 2.75) is 10.3 Å². The van der Waals surface area contributed by atoms with E-state index >= 15 is 0 Å². The van der Waals surface area contributed by atoms with Gasteiger partial charge in [-0.3, -0.25) is 0 Å². The molecule has 1 N–H and O–H groups in total. The molecule has 1 aromatic rings. The van der Waals surface area contributed by atoms with Crippen LogP contribution in [0.4, 0.5) is 0 Å². The van der Waals surface area contributed by atoms with Crippen LogP contribution in [0.15, 0.2) is 15.7 Å². The van der Waals surface area contributed by atoms with Crippen molar-refractivity contribution < 1.29 is 5.11 Å². The Morgan fingerprint density at radius 2 is 2.55 bits per heavy atom. The number of aliphatic hydroxyl groups is 1. The van der Waals surface area contributed by atoms with E-state index in [4.69, 9.17) is 0 Å². The zero-order valence-electron chi connectivity index (χ0n) is 6.15. The van der Waals surface area contributed by atoms with E-state index in [0.29, 0.717) is 0 Å². The number of aliphatic hydroxyl groups excluding tert-OH is 1. The second kappa shape index (κ2) is 2.79. The highest BCUT2D eigenvalue weighted by Gasteiger charge is 2.22. The topological polar surface area (TPSA) is 23.5 Å². The molecule has 1 aromatic heterocycles. The first-order valence-corrected chi connectivity index (χ1v) is 5.07. The van der Waals surface area contributed by atoms with Crippen molar-refractivity contribution in [3.8, 4) is 0 Å². The number of fused-ring (bicyclic) bond motifs is 1. The number of hydrogen-bond donors (Lipinski definition) is 1. The Bertz CT molecular complexity index is 261. The van der Waals surface area contributed by atoms with E-state index in [1.807, 2.05) is 18.5 Å². The van der Waals surface area contributed by atoms with E-state index in [9.17, 15) is 5.11 Å². The molecular formula is C7H9NOS2. The molecule has 4 heteroatoms. The molecule has 0 saturated carbocycles. The molecule has 0 saturated heterocycles. The maximum Gasteiger partial charge on any atom is 0.0945 e. The summed E-state index contributed by atoms with van der Waals surface area (Å²) in [5, 5.41) is 11.6. The summed E-state index contributed by atoms with van der Waals surface area (Å²) in [6, 6.07) is 2.00. The fraction of sp³-hybridized carbons (Fsp3) is 0.429.